The summed E-state index contributed by atoms with van der Waals surface area (Å²) in [6, 6.07) is 37.3. The predicted molar refractivity (Wildman–Crippen MR) is 247 cm³/mol. The van der Waals surface area contributed by atoms with Crippen LogP contribution in [0.5, 0.6) is 0 Å². The quantitative estimate of drug-likeness (QED) is 0.107. The van der Waals surface area contributed by atoms with Gasteiger partial charge in [0.2, 0.25) is 11.8 Å². The Morgan fingerprint density at radius 3 is 1.27 bits per heavy atom. The third-order valence-electron chi connectivity index (χ3n) is 12.9. The maximum atomic E-state index is 14.2. The minimum Gasteiger partial charge on any atom is -0.340 e. The number of H-pyrrole nitrogens is 2. The Morgan fingerprint density at radius 2 is 0.919 bits per heavy atom. The fourth-order valence-corrected chi connectivity index (χ4v) is 9.86. The third kappa shape index (κ3) is 9.32. The van der Waals surface area contributed by atoms with Crippen LogP contribution in [0.3, 0.4) is 0 Å². The first-order valence-electron chi connectivity index (χ1n) is 22.5. The number of nitrogens with zero attached hydrogens (tertiary/aromatic N) is 6. The summed E-state index contributed by atoms with van der Waals surface area (Å²) in [5.74, 6) is 2.38. The van der Waals surface area contributed by atoms with Crippen molar-refractivity contribution in [1.29, 1.82) is 0 Å². The Hall–Kier alpha value is -5.84. The normalized spacial score (nSPS) is 17.8. The molecule has 4 aromatic carbocycles. The van der Waals surface area contributed by atoms with Gasteiger partial charge in [-0.3, -0.25) is 19.4 Å². The summed E-state index contributed by atoms with van der Waals surface area (Å²) < 4.78 is 0. The molecule has 2 fully saturated rings. The average molecular weight is 831 g/mol. The molecule has 10 nitrogen and oxygen atoms in total. The minimum absolute atomic E-state index is 0.0691. The highest BCUT2D eigenvalue weighted by Gasteiger charge is 2.40. The molecule has 2 N–H and O–H groups in total. The van der Waals surface area contributed by atoms with Crippen LogP contribution in [-0.2, 0) is 22.7 Å². The van der Waals surface area contributed by atoms with Crippen LogP contribution in [0, 0.1) is 11.8 Å². The van der Waals surface area contributed by atoms with Gasteiger partial charge in [-0.05, 0) is 85.0 Å². The van der Waals surface area contributed by atoms with E-state index in [1.807, 2.05) is 34.3 Å². The Bertz CT molecular complexity index is 2220. The molecule has 62 heavy (non-hydrogen) atoms. The highest BCUT2D eigenvalue weighted by Crippen LogP contribution is 2.36. The van der Waals surface area contributed by atoms with Crippen LogP contribution in [0.25, 0.3) is 33.6 Å². The zero-order chi connectivity index (χ0) is 43.3. The number of carbonyl (C=O) groups is 2. The number of likely N-dealkylation sites (tertiary alicyclic amines) is 2. The molecule has 2 saturated heterocycles. The second-order valence-corrected chi connectivity index (χ2v) is 18.1. The van der Waals surface area contributed by atoms with Gasteiger partial charge in [-0.2, -0.15) is 0 Å². The zero-order valence-corrected chi connectivity index (χ0v) is 37.2. The van der Waals surface area contributed by atoms with E-state index < -0.39 is 0 Å². The number of hydrogen-bond acceptors (Lipinski definition) is 6. The van der Waals surface area contributed by atoms with Gasteiger partial charge in [0, 0.05) is 26.2 Å². The lowest BCUT2D eigenvalue weighted by Crippen LogP contribution is -2.49. The maximum absolute atomic E-state index is 14.2. The largest absolute Gasteiger partial charge is 0.340 e. The van der Waals surface area contributed by atoms with Gasteiger partial charge < -0.3 is 19.8 Å². The van der Waals surface area contributed by atoms with Crippen molar-refractivity contribution < 1.29 is 9.59 Å². The summed E-state index contributed by atoms with van der Waals surface area (Å²) in [7, 11) is 4.12. The first-order chi connectivity index (χ1) is 30.0. The van der Waals surface area contributed by atoms with Crippen LogP contribution in [0.4, 0.5) is 0 Å². The summed E-state index contributed by atoms with van der Waals surface area (Å²) in [5, 5.41) is 0. The first-order valence-corrected chi connectivity index (χ1v) is 22.5. The van der Waals surface area contributed by atoms with E-state index in [2.05, 4.69) is 159 Å². The second kappa shape index (κ2) is 19.1. The van der Waals surface area contributed by atoms with Crippen molar-refractivity contribution >= 4 is 11.8 Å². The minimum atomic E-state index is -0.218. The van der Waals surface area contributed by atoms with Gasteiger partial charge in [-0.25, -0.2) is 9.97 Å². The lowest BCUT2D eigenvalue weighted by Gasteiger charge is -2.35. The van der Waals surface area contributed by atoms with E-state index in [0.29, 0.717) is 0 Å². The molecule has 2 aliphatic rings. The van der Waals surface area contributed by atoms with E-state index in [4.69, 9.17) is 9.97 Å². The molecule has 10 heteroatoms. The number of hydrogen-bond donors (Lipinski definition) is 2. The van der Waals surface area contributed by atoms with Gasteiger partial charge >= 0.3 is 0 Å². The highest BCUT2D eigenvalue weighted by atomic mass is 16.2. The highest BCUT2D eigenvalue weighted by molar-refractivity contribution is 5.83. The Kier molecular flexibility index (Phi) is 13.2. The second-order valence-electron chi connectivity index (χ2n) is 18.1. The first kappa shape index (κ1) is 42.8. The lowest BCUT2D eigenvalue weighted by molar-refractivity contribution is -0.140. The fourth-order valence-electron chi connectivity index (χ4n) is 9.86. The van der Waals surface area contributed by atoms with Crippen molar-refractivity contribution in [3.05, 3.63) is 144 Å². The van der Waals surface area contributed by atoms with Crippen LogP contribution < -0.4 is 0 Å². The predicted octanol–water partition coefficient (Wildman–Crippen LogP) is 9.77. The smallest absolute Gasteiger partial charge is 0.240 e. The summed E-state index contributed by atoms with van der Waals surface area (Å²) in [5.41, 5.74) is 8.63. The number of benzene rings is 4. The van der Waals surface area contributed by atoms with Crippen LogP contribution >= 0.6 is 0 Å². The van der Waals surface area contributed by atoms with Crippen molar-refractivity contribution in [2.24, 2.45) is 11.8 Å². The maximum Gasteiger partial charge on any atom is 0.240 e. The Balaban J connectivity index is 0.904. The molecule has 6 aromatic rings. The molecule has 0 aliphatic carbocycles. The molecular weight excluding hydrogens is 769 g/mol. The number of imidazole rings is 2. The SMILES string of the molecule is CC(C)C(C(=O)N1CCC[C@H]1c1ncc(-c2ccc(-c3ccc(-c4cnc([C@@H]5CCCN5C(=O)C(C(C)C)N(C)Cc5ccccc5)[nH]4)cc3)cc2)[nH]1)N(C)Cc1ccccc1. The topological polar surface area (TPSA) is 104 Å². The number of amides is 2. The zero-order valence-electron chi connectivity index (χ0n) is 37.2. The molecule has 2 unspecified atom stereocenters. The van der Waals surface area contributed by atoms with Crippen LogP contribution in [0.2, 0.25) is 0 Å². The van der Waals surface area contributed by atoms with Gasteiger partial charge in [0.1, 0.15) is 11.6 Å². The molecule has 0 saturated carbocycles. The number of nitrogens with one attached hydrogen (secondary N) is 2. The molecule has 8 rings (SSSR count). The van der Waals surface area contributed by atoms with Gasteiger partial charge in [-0.1, -0.05) is 137 Å². The van der Waals surface area contributed by atoms with Crippen molar-refractivity contribution in [2.75, 3.05) is 27.2 Å². The van der Waals surface area contributed by atoms with Crippen molar-refractivity contribution in [3.63, 3.8) is 0 Å². The number of rotatable bonds is 15. The number of carbonyl (C=O) groups excluding carboxylic acids is 2. The molecule has 4 atom stereocenters. The fraction of sp³-hybridized carbons (Fsp3) is 0.385. The van der Waals surface area contributed by atoms with E-state index in [1.54, 1.807) is 0 Å². The molecule has 4 heterocycles. The number of likely N-dealkylation sites (N-methyl/N-ethyl adjacent to an activating group) is 2. The average Bonchev–Trinajstić information content (AvgIpc) is 4.12. The molecule has 0 bridgehead atoms. The van der Waals surface area contributed by atoms with Crippen molar-refractivity contribution in [3.8, 4) is 33.6 Å². The van der Waals surface area contributed by atoms with Gasteiger partial charge in [0.25, 0.3) is 0 Å². The van der Waals surface area contributed by atoms with Crippen molar-refractivity contribution in [1.82, 2.24) is 39.5 Å². The molecular formula is C52H62N8O2. The number of aromatic nitrogens is 4. The van der Waals surface area contributed by atoms with Crippen molar-refractivity contribution in [2.45, 2.75) is 90.6 Å². The van der Waals surface area contributed by atoms with E-state index in [9.17, 15) is 9.59 Å². The van der Waals surface area contributed by atoms with Crippen LogP contribution in [0.15, 0.2) is 122 Å². The molecule has 322 valence electrons. The molecule has 2 aromatic heterocycles. The van der Waals surface area contributed by atoms with Crippen LogP contribution in [-0.4, -0.2) is 90.6 Å². The standard InChI is InChI=1S/C52H62N8O2/c1-35(2)47(57(5)33-37-15-9-7-10-16-37)51(61)59-29-13-19-45(59)49-53-31-43(55-49)41-25-21-39(22-26-41)40-23-27-42(28-24-40)44-32-54-50(56-44)46-20-14-30-60(46)52(62)48(36(3)4)58(6)34-38-17-11-8-12-18-38/h7-12,15-18,21-28,31-32,35-36,45-48H,13-14,19-20,29-30,33-34H2,1-6H3,(H,53,55)(H,54,56)/t45-,46-,47?,48?/m0/s1. The third-order valence-corrected chi connectivity index (χ3v) is 12.9. The monoisotopic (exact) mass is 830 g/mol. The Labute approximate surface area is 367 Å². The number of aromatic amines is 2. The summed E-state index contributed by atoms with van der Waals surface area (Å²) in [4.78, 5) is 53.6. The molecule has 0 spiro atoms. The molecule has 0 radical (unpaired) electrons. The van der Waals surface area contributed by atoms with E-state index in [1.165, 1.54) is 11.1 Å². The van der Waals surface area contributed by atoms with Gasteiger partial charge in [0.05, 0.1) is 47.9 Å². The van der Waals surface area contributed by atoms with Gasteiger partial charge in [0.15, 0.2) is 0 Å². The summed E-state index contributed by atoms with van der Waals surface area (Å²) >= 11 is 0. The van der Waals surface area contributed by atoms with Gasteiger partial charge in [-0.15, -0.1) is 0 Å². The van der Waals surface area contributed by atoms with E-state index >= 15 is 0 Å². The summed E-state index contributed by atoms with van der Waals surface area (Å²) in [6.07, 6.45) is 7.50. The van der Waals surface area contributed by atoms with E-state index in [-0.39, 0.29) is 47.8 Å². The van der Waals surface area contributed by atoms with Crippen LogP contribution in [0.1, 0.15) is 88.2 Å². The molecule has 2 amide bonds. The Morgan fingerprint density at radius 1 is 0.565 bits per heavy atom. The van der Waals surface area contributed by atoms with E-state index in [0.717, 1.165) is 97.2 Å². The lowest BCUT2D eigenvalue weighted by atomic mass is 10.00. The summed E-state index contributed by atoms with van der Waals surface area (Å²) in [6.45, 7) is 11.5. The molecule has 2 aliphatic heterocycles.